The average molecular weight is 277 g/mol. The fraction of sp³-hybridized carbons (Fsp3) is 0.667. The van der Waals surface area contributed by atoms with Gasteiger partial charge in [0.1, 0.15) is 5.69 Å². The Labute approximate surface area is 112 Å². The lowest BCUT2D eigenvalue weighted by Crippen LogP contribution is -2.36. The molecule has 0 N–H and O–H groups in total. The van der Waals surface area contributed by atoms with E-state index in [1.807, 2.05) is 27.7 Å². The van der Waals surface area contributed by atoms with Gasteiger partial charge in [-0.05, 0) is 29.9 Å². The molecule has 0 fully saturated rings. The van der Waals surface area contributed by atoms with Gasteiger partial charge in [0.05, 0.1) is 0 Å². The van der Waals surface area contributed by atoms with E-state index in [1.54, 1.807) is 0 Å². The van der Waals surface area contributed by atoms with Crippen molar-refractivity contribution < 1.29 is 4.73 Å². The summed E-state index contributed by atoms with van der Waals surface area (Å²) < 4.78 is 0.717. The van der Waals surface area contributed by atoms with Gasteiger partial charge in [-0.25, -0.2) is 4.98 Å². The summed E-state index contributed by atoms with van der Waals surface area (Å²) in [5.41, 5.74) is 1.04. The maximum absolute atomic E-state index is 12.0. The average Bonchev–Trinajstić information content (AvgIpc) is 2.20. The Hall–Kier alpha value is -0.540. The second kappa shape index (κ2) is 5.87. The van der Waals surface area contributed by atoms with E-state index < -0.39 is 0 Å². The van der Waals surface area contributed by atoms with E-state index in [9.17, 15) is 5.21 Å². The summed E-state index contributed by atoms with van der Waals surface area (Å²) in [6, 6.07) is 0. The normalized spacial score (nSPS) is 11.5. The summed E-state index contributed by atoms with van der Waals surface area (Å²) in [5.74, 6) is 0.716. The lowest BCUT2D eigenvalue weighted by Gasteiger charge is -2.12. The monoisotopic (exact) mass is 276 g/mol. The maximum atomic E-state index is 12.0. The van der Waals surface area contributed by atoms with Crippen molar-refractivity contribution in [2.75, 3.05) is 0 Å². The number of hydrogen-bond donors (Lipinski definition) is 0. The first-order valence-corrected chi connectivity index (χ1v) is 6.54. The van der Waals surface area contributed by atoms with E-state index in [1.165, 1.54) is 0 Å². The smallest absolute Gasteiger partial charge is 0.308 e. The van der Waals surface area contributed by atoms with Crippen LogP contribution in [0.4, 0.5) is 0 Å². The minimum Gasteiger partial charge on any atom is -0.617 e. The Morgan fingerprint density at radius 2 is 1.65 bits per heavy atom. The molecule has 96 valence electrons. The molecular weight excluding hydrogens is 259 g/mol. The van der Waals surface area contributed by atoms with Crippen molar-refractivity contribution in [1.82, 2.24) is 4.98 Å². The molecule has 3 nitrogen and oxygen atoms in total. The third-order valence-electron chi connectivity index (χ3n) is 2.34. The van der Waals surface area contributed by atoms with Crippen LogP contribution in [-0.2, 0) is 12.8 Å². The van der Waals surface area contributed by atoms with Crippen LogP contribution < -0.4 is 4.73 Å². The molecule has 1 rings (SSSR count). The van der Waals surface area contributed by atoms with Crippen LogP contribution in [0.1, 0.15) is 39.1 Å². The summed E-state index contributed by atoms with van der Waals surface area (Å²) in [6.07, 6.45) is 1.24. The van der Waals surface area contributed by atoms with Crippen LogP contribution in [-0.4, -0.2) is 4.98 Å². The number of rotatable bonds is 4. The van der Waals surface area contributed by atoms with Crippen LogP contribution in [0.2, 0.25) is 10.3 Å². The number of aromatic nitrogens is 2. The maximum Gasteiger partial charge on any atom is 0.308 e. The summed E-state index contributed by atoms with van der Waals surface area (Å²) >= 11 is 12.1. The van der Waals surface area contributed by atoms with Crippen LogP contribution in [0, 0.1) is 17.0 Å². The molecule has 0 bridgehead atoms. The van der Waals surface area contributed by atoms with E-state index in [-0.39, 0.29) is 10.3 Å². The third kappa shape index (κ3) is 3.71. The molecule has 0 amide bonds. The molecule has 0 radical (unpaired) electrons. The van der Waals surface area contributed by atoms with Crippen LogP contribution in [0.3, 0.4) is 0 Å². The van der Waals surface area contributed by atoms with Gasteiger partial charge in [-0.2, -0.15) is 4.73 Å². The van der Waals surface area contributed by atoms with Crippen LogP contribution >= 0.6 is 23.2 Å². The number of hydrogen-bond acceptors (Lipinski definition) is 2. The first-order chi connectivity index (χ1) is 7.82. The largest absolute Gasteiger partial charge is 0.617 e. The summed E-state index contributed by atoms with van der Waals surface area (Å²) in [5, 5.41) is 12.4. The molecule has 0 aliphatic heterocycles. The molecule has 0 saturated heterocycles. The van der Waals surface area contributed by atoms with Crippen LogP contribution in [0.15, 0.2) is 0 Å². The fourth-order valence-electron chi connectivity index (χ4n) is 1.62. The second-order valence-corrected chi connectivity index (χ2v) is 5.79. The van der Waals surface area contributed by atoms with E-state index in [0.717, 1.165) is 0 Å². The number of nitrogens with zero attached hydrogens (tertiary/aromatic N) is 2. The first kappa shape index (κ1) is 14.5. The van der Waals surface area contributed by atoms with Crippen molar-refractivity contribution in [3.05, 3.63) is 26.9 Å². The Bertz CT molecular complexity index is 406. The molecule has 0 aliphatic carbocycles. The Morgan fingerprint density at radius 3 is 2.12 bits per heavy atom. The quantitative estimate of drug-likeness (QED) is 0.625. The fourth-order valence-corrected chi connectivity index (χ4v) is 2.10. The molecule has 1 heterocycles. The highest BCUT2D eigenvalue weighted by atomic mass is 35.5. The van der Waals surface area contributed by atoms with E-state index >= 15 is 0 Å². The zero-order valence-corrected chi connectivity index (χ0v) is 12.1. The second-order valence-electron chi connectivity index (χ2n) is 5.08. The van der Waals surface area contributed by atoms with Gasteiger partial charge >= 0.3 is 5.15 Å². The van der Waals surface area contributed by atoms with Crippen molar-refractivity contribution >= 4 is 23.2 Å². The van der Waals surface area contributed by atoms with Gasteiger partial charge < -0.3 is 5.21 Å². The summed E-state index contributed by atoms with van der Waals surface area (Å²) in [4.78, 5) is 4.24. The molecule has 0 saturated carbocycles. The molecule has 17 heavy (non-hydrogen) atoms. The van der Waals surface area contributed by atoms with Crippen molar-refractivity contribution in [1.29, 1.82) is 0 Å². The van der Waals surface area contributed by atoms with Crippen LogP contribution in [0.5, 0.6) is 0 Å². The Balaban J connectivity index is 3.17. The molecular formula is C12H18Cl2N2O. The van der Waals surface area contributed by atoms with Gasteiger partial charge in [-0.1, -0.05) is 39.3 Å². The molecule has 0 unspecified atom stereocenters. The third-order valence-corrected chi connectivity index (χ3v) is 3.01. The highest BCUT2D eigenvalue weighted by Gasteiger charge is 2.22. The zero-order valence-electron chi connectivity index (χ0n) is 10.6. The van der Waals surface area contributed by atoms with Crippen molar-refractivity contribution in [2.45, 2.75) is 40.5 Å². The van der Waals surface area contributed by atoms with Gasteiger partial charge in [0.25, 0.3) is 0 Å². The molecule has 0 aromatic carbocycles. The molecule has 0 spiro atoms. The SMILES string of the molecule is CC(C)Cc1nc(Cl)c(CC(C)C)[n+]([O-])c1Cl. The number of halogens is 2. The van der Waals surface area contributed by atoms with Crippen molar-refractivity contribution in [3.63, 3.8) is 0 Å². The predicted octanol–water partition coefficient (Wildman–Crippen LogP) is 3.42. The van der Waals surface area contributed by atoms with Gasteiger partial charge in [-0.15, -0.1) is 0 Å². The lowest BCUT2D eigenvalue weighted by atomic mass is 10.1. The highest BCUT2D eigenvalue weighted by molar-refractivity contribution is 6.31. The van der Waals surface area contributed by atoms with E-state index in [2.05, 4.69) is 4.98 Å². The summed E-state index contributed by atoms with van der Waals surface area (Å²) in [6.45, 7) is 8.13. The Kier molecular flexibility index (Phi) is 5.02. The Morgan fingerprint density at radius 1 is 1.12 bits per heavy atom. The van der Waals surface area contributed by atoms with Crippen molar-refractivity contribution in [3.8, 4) is 0 Å². The standard InChI is InChI=1S/C12H18Cl2N2O/c1-7(2)5-9-12(14)16(17)10(6-8(3)4)11(13)15-9/h7-8H,5-6H2,1-4H3. The topological polar surface area (TPSA) is 39.8 Å². The molecule has 5 heteroatoms. The van der Waals surface area contributed by atoms with Gasteiger partial charge in [0, 0.05) is 6.42 Å². The minimum absolute atomic E-state index is 0.152. The van der Waals surface area contributed by atoms with E-state index in [0.29, 0.717) is 40.8 Å². The van der Waals surface area contributed by atoms with Gasteiger partial charge in [-0.3, -0.25) is 0 Å². The zero-order chi connectivity index (χ0) is 13.2. The van der Waals surface area contributed by atoms with Crippen molar-refractivity contribution in [2.24, 2.45) is 11.8 Å². The molecule has 0 aliphatic rings. The first-order valence-electron chi connectivity index (χ1n) is 5.79. The minimum atomic E-state index is 0.152. The predicted molar refractivity (Wildman–Crippen MR) is 70.3 cm³/mol. The van der Waals surface area contributed by atoms with Crippen LogP contribution in [0.25, 0.3) is 0 Å². The molecule has 0 atom stereocenters. The van der Waals surface area contributed by atoms with Gasteiger partial charge in [0.15, 0.2) is 5.15 Å². The summed E-state index contributed by atoms with van der Waals surface area (Å²) in [7, 11) is 0. The molecule has 1 aromatic heterocycles. The molecule has 1 aromatic rings. The highest BCUT2D eigenvalue weighted by Crippen LogP contribution is 2.20. The lowest BCUT2D eigenvalue weighted by molar-refractivity contribution is -0.613. The van der Waals surface area contributed by atoms with Gasteiger partial charge in [0.2, 0.25) is 5.69 Å². The van der Waals surface area contributed by atoms with E-state index in [4.69, 9.17) is 23.2 Å².